The summed E-state index contributed by atoms with van der Waals surface area (Å²) in [5.41, 5.74) is 2.37. The monoisotopic (exact) mass is 377 g/mol. The van der Waals surface area contributed by atoms with E-state index in [1.54, 1.807) is 12.1 Å². The van der Waals surface area contributed by atoms with Gasteiger partial charge in [-0.05, 0) is 84.7 Å². The molecule has 2 aliphatic rings. The van der Waals surface area contributed by atoms with Gasteiger partial charge in [0.15, 0.2) is 0 Å². The van der Waals surface area contributed by atoms with Crippen molar-refractivity contribution >= 4 is 17.7 Å². The molecule has 5 heteroatoms. The number of phenolic OH excluding ortho intramolecular Hbond substituents is 1. The van der Waals surface area contributed by atoms with Crippen LogP contribution in [0, 0.1) is 0 Å². The van der Waals surface area contributed by atoms with E-state index in [0.717, 1.165) is 25.2 Å². The highest BCUT2D eigenvalue weighted by Crippen LogP contribution is 2.31. The molecule has 26 heavy (non-hydrogen) atoms. The van der Waals surface area contributed by atoms with Crippen molar-refractivity contribution in [1.29, 1.82) is 0 Å². The van der Waals surface area contributed by atoms with Crippen LogP contribution in [0.25, 0.3) is 6.08 Å². The summed E-state index contributed by atoms with van der Waals surface area (Å²) in [7, 11) is 4.53. The molecule has 0 amide bonds. The molecule has 0 unspecified atom stereocenters. The lowest BCUT2D eigenvalue weighted by molar-refractivity contribution is 0.0370. The maximum atomic E-state index is 10.1. The molecular formula is C21H32ClN3O. The van der Waals surface area contributed by atoms with Crippen molar-refractivity contribution < 1.29 is 5.11 Å². The van der Waals surface area contributed by atoms with Crippen LogP contribution >= 0.6 is 11.6 Å². The summed E-state index contributed by atoms with van der Waals surface area (Å²) in [4.78, 5) is 7.66. The maximum Gasteiger partial charge on any atom is 0.122 e. The van der Waals surface area contributed by atoms with Crippen LogP contribution in [0.2, 0.25) is 5.02 Å². The van der Waals surface area contributed by atoms with Gasteiger partial charge in [-0.25, -0.2) is 0 Å². The van der Waals surface area contributed by atoms with Crippen molar-refractivity contribution in [3.63, 3.8) is 0 Å². The highest BCUT2D eigenvalue weighted by molar-refractivity contribution is 6.30. The first-order valence-corrected chi connectivity index (χ1v) is 10.0. The fraction of sp³-hybridized carbons (Fsp3) is 0.619. The van der Waals surface area contributed by atoms with Crippen molar-refractivity contribution in [1.82, 2.24) is 14.7 Å². The van der Waals surface area contributed by atoms with Crippen molar-refractivity contribution in [2.75, 3.05) is 53.4 Å². The predicted octanol–water partition coefficient (Wildman–Crippen LogP) is 3.55. The van der Waals surface area contributed by atoms with Gasteiger partial charge in [-0.15, -0.1) is 0 Å². The van der Waals surface area contributed by atoms with Gasteiger partial charge in [0.1, 0.15) is 5.75 Å². The van der Waals surface area contributed by atoms with Crippen LogP contribution in [0.4, 0.5) is 0 Å². The molecule has 2 heterocycles. The standard InChI is InChI=1S/C21H32ClN3O/c1-17(13-18-14-19(22)5-6-20(18)26)15-25-10-4-9-24(3)21(16-25)7-11-23(2)12-8-21/h5-6,13-14,26H,4,7-12,15-16H2,1-3H3. The molecule has 0 atom stereocenters. The first kappa shape index (κ1) is 19.7. The maximum absolute atomic E-state index is 10.1. The Kier molecular flexibility index (Phi) is 6.29. The molecule has 0 bridgehead atoms. The number of phenols is 1. The molecule has 1 spiro atoms. The lowest BCUT2D eigenvalue weighted by Crippen LogP contribution is -2.57. The topological polar surface area (TPSA) is 30.0 Å². The minimum atomic E-state index is 0.288. The second-order valence-electron chi connectivity index (χ2n) is 8.21. The SMILES string of the molecule is CC(=Cc1cc(Cl)ccc1O)CN1CCCN(C)C2(CCN(C)CC2)C1. The zero-order chi connectivity index (χ0) is 18.7. The van der Waals surface area contributed by atoms with Crippen LogP contribution in [0.5, 0.6) is 5.75 Å². The average Bonchev–Trinajstić information content (AvgIpc) is 2.73. The number of likely N-dealkylation sites (tertiary alicyclic amines) is 1. The lowest BCUT2D eigenvalue weighted by Gasteiger charge is -2.47. The third kappa shape index (κ3) is 4.61. The molecule has 0 aliphatic carbocycles. The quantitative estimate of drug-likeness (QED) is 0.872. The molecule has 0 aromatic heterocycles. The third-order valence-electron chi connectivity index (χ3n) is 6.08. The molecule has 2 fully saturated rings. The molecule has 1 aromatic carbocycles. The number of benzene rings is 1. The molecular weight excluding hydrogens is 346 g/mol. The van der Waals surface area contributed by atoms with E-state index in [1.165, 1.54) is 44.5 Å². The second kappa shape index (κ2) is 8.30. The van der Waals surface area contributed by atoms with E-state index in [0.29, 0.717) is 10.6 Å². The Morgan fingerprint density at radius 1 is 1.19 bits per heavy atom. The molecule has 2 saturated heterocycles. The Balaban J connectivity index is 1.72. The largest absolute Gasteiger partial charge is 0.507 e. The fourth-order valence-corrected chi connectivity index (χ4v) is 4.58. The van der Waals surface area contributed by atoms with Crippen LogP contribution in [0.15, 0.2) is 23.8 Å². The minimum absolute atomic E-state index is 0.288. The number of nitrogens with zero attached hydrogens (tertiary/aromatic N) is 3. The Labute approximate surface area is 163 Å². The number of hydrogen-bond acceptors (Lipinski definition) is 4. The number of likely N-dealkylation sites (N-methyl/N-ethyl adjacent to an activating group) is 1. The number of hydrogen-bond donors (Lipinski definition) is 1. The van der Waals surface area contributed by atoms with Gasteiger partial charge in [0.05, 0.1) is 0 Å². The Morgan fingerprint density at radius 2 is 1.92 bits per heavy atom. The predicted molar refractivity (Wildman–Crippen MR) is 110 cm³/mol. The minimum Gasteiger partial charge on any atom is -0.507 e. The third-order valence-corrected chi connectivity index (χ3v) is 6.31. The number of rotatable bonds is 3. The lowest BCUT2D eigenvalue weighted by atomic mass is 9.85. The highest BCUT2D eigenvalue weighted by Gasteiger charge is 2.40. The second-order valence-corrected chi connectivity index (χ2v) is 8.64. The van der Waals surface area contributed by atoms with Crippen LogP contribution in [-0.4, -0.2) is 78.7 Å². The van der Waals surface area contributed by atoms with Gasteiger partial charge in [0.2, 0.25) is 0 Å². The van der Waals surface area contributed by atoms with Crippen molar-refractivity contribution in [3.8, 4) is 5.75 Å². The van der Waals surface area contributed by atoms with Crippen LogP contribution in [-0.2, 0) is 0 Å². The molecule has 0 radical (unpaired) electrons. The normalized spacial score (nSPS) is 23.3. The molecule has 0 saturated carbocycles. The van der Waals surface area contributed by atoms with Crippen molar-refractivity contribution in [2.24, 2.45) is 0 Å². The highest BCUT2D eigenvalue weighted by atomic mass is 35.5. The first-order valence-electron chi connectivity index (χ1n) is 9.66. The molecule has 144 valence electrons. The Bertz CT molecular complexity index is 653. The summed E-state index contributed by atoms with van der Waals surface area (Å²) in [5, 5.41) is 10.7. The zero-order valence-electron chi connectivity index (χ0n) is 16.3. The van der Waals surface area contributed by atoms with Crippen LogP contribution in [0.1, 0.15) is 31.7 Å². The average molecular weight is 378 g/mol. The van der Waals surface area contributed by atoms with E-state index in [-0.39, 0.29) is 5.75 Å². The van der Waals surface area contributed by atoms with Gasteiger partial charge in [-0.3, -0.25) is 9.80 Å². The molecule has 1 N–H and O–H groups in total. The Morgan fingerprint density at radius 3 is 2.65 bits per heavy atom. The molecule has 4 nitrogen and oxygen atoms in total. The van der Waals surface area contributed by atoms with E-state index < -0.39 is 0 Å². The number of halogens is 1. The van der Waals surface area contributed by atoms with Crippen molar-refractivity contribution in [2.45, 2.75) is 31.7 Å². The van der Waals surface area contributed by atoms with Gasteiger partial charge >= 0.3 is 0 Å². The smallest absolute Gasteiger partial charge is 0.122 e. The van der Waals surface area contributed by atoms with Gasteiger partial charge in [-0.2, -0.15) is 0 Å². The van der Waals surface area contributed by atoms with Gasteiger partial charge in [0.25, 0.3) is 0 Å². The molecule has 2 aliphatic heterocycles. The van der Waals surface area contributed by atoms with Gasteiger partial charge < -0.3 is 10.0 Å². The summed E-state index contributed by atoms with van der Waals surface area (Å²) >= 11 is 6.08. The van der Waals surface area contributed by atoms with E-state index >= 15 is 0 Å². The zero-order valence-corrected chi connectivity index (χ0v) is 17.1. The van der Waals surface area contributed by atoms with E-state index in [9.17, 15) is 5.11 Å². The first-order chi connectivity index (χ1) is 12.4. The molecule has 3 rings (SSSR count). The molecule has 1 aromatic rings. The number of aromatic hydroxyl groups is 1. The van der Waals surface area contributed by atoms with Gasteiger partial charge in [-0.1, -0.05) is 23.3 Å². The summed E-state index contributed by atoms with van der Waals surface area (Å²) in [5.74, 6) is 0.288. The van der Waals surface area contributed by atoms with Crippen LogP contribution in [0.3, 0.4) is 0 Å². The van der Waals surface area contributed by atoms with Crippen LogP contribution < -0.4 is 0 Å². The summed E-state index contributed by atoms with van der Waals surface area (Å²) in [6.07, 6.45) is 5.77. The van der Waals surface area contributed by atoms with E-state index in [2.05, 4.69) is 41.8 Å². The van der Waals surface area contributed by atoms with Gasteiger partial charge in [0, 0.05) is 29.2 Å². The summed E-state index contributed by atoms with van der Waals surface area (Å²) < 4.78 is 0. The summed E-state index contributed by atoms with van der Waals surface area (Å²) in [6, 6.07) is 5.21. The Hall–Kier alpha value is -1.07. The van der Waals surface area contributed by atoms with E-state index in [1.807, 2.05) is 6.07 Å². The fourth-order valence-electron chi connectivity index (χ4n) is 4.40. The van der Waals surface area contributed by atoms with Crippen molar-refractivity contribution in [3.05, 3.63) is 34.4 Å². The van der Waals surface area contributed by atoms with E-state index in [4.69, 9.17) is 11.6 Å². The summed E-state index contributed by atoms with van der Waals surface area (Å²) in [6.45, 7) is 8.90. The number of piperidine rings is 1.